The van der Waals surface area contributed by atoms with E-state index in [1.807, 2.05) is 29.0 Å². The minimum atomic E-state index is -0.350. The third kappa shape index (κ3) is 5.91. The minimum Gasteiger partial charge on any atom is -0.462 e. The number of esters is 1. The van der Waals surface area contributed by atoms with Crippen LogP contribution in [0.2, 0.25) is 5.02 Å². The molecule has 3 aromatic rings. The van der Waals surface area contributed by atoms with Crippen LogP contribution in [0.15, 0.2) is 52.4 Å². The summed E-state index contributed by atoms with van der Waals surface area (Å²) in [5.74, 6) is 0.584. The Morgan fingerprint density at radius 3 is 2.67 bits per heavy atom. The molecule has 1 amide bonds. The van der Waals surface area contributed by atoms with E-state index in [-0.39, 0.29) is 17.6 Å². The van der Waals surface area contributed by atoms with Crippen LogP contribution < -0.4 is 4.80 Å². The SMILES string of the molecule is CCOC(=O)c1ccc2c(c1)sc(=NC(=O)CSc1ccc(Cl)cc1)n2CCSC. The average Bonchev–Trinajstić information content (AvgIpc) is 3.08. The van der Waals surface area contributed by atoms with Gasteiger partial charge in [-0.2, -0.15) is 16.8 Å². The molecular weight excluding hydrogens is 460 g/mol. The monoisotopic (exact) mass is 480 g/mol. The van der Waals surface area contributed by atoms with Crippen LogP contribution in [0.25, 0.3) is 10.2 Å². The van der Waals surface area contributed by atoms with Crippen LogP contribution in [-0.2, 0) is 16.1 Å². The average molecular weight is 481 g/mol. The predicted molar refractivity (Wildman–Crippen MR) is 127 cm³/mol. The quantitative estimate of drug-likeness (QED) is 0.331. The van der Waals surface area contributed by atoms with Crippen molar-refractivity contribution in [3.05, 3.63) is 57.9 Å². The Kier molecular flexibility index (Phi) is 8.44. The number of aromatic nitrogens is 1. The van der Waals surface area contributed by atoms with Crippen LogP contribution >= 0.6 is 46.5 Å². The minimum absolute atomic E-state index is 0.204. The van der Waals surface area contributed by atoms with E-state index in [2.05, 4.69) is 4.99 Å². The normalized spacial score (nSPS) is 11.8. The van der Waals surface area contributed by atoms with E-state index in [0.29, 0.717) is 22.0 Å². The fourth-order valence-corrected chi connectivity index (χ4v) is 5.00. The van der Waals surface area contributed by atoms with E-state index in [1.165, 1.54) is 23.1 Å². The molecule has 0 bridgehead atoms. The summed E-state index contributed by atoms with van der Waals surface area (Å²) < 4.78 is 8.03. The summed E-state index contributed by atoms with van der Waals surface area (Å²) in [6.07, 6.45) is 2.04. The molecule has 0 radical (unpaired) electrons. The molecule has 0 aliphatic heterocycles. The van der Waals surface area contributed by atoms with Crippen molar-refractivity contribution in [3.63, 3.8) is 0 Å². The number of thiazole rings is 1. The summed E-state index contributed by atoms with van der Waals surface area (Å²) in [5, 5.41) is 0.665. The van der Waals surface area contributed by atoms with Gasteiger partial charge in [0.1, 0.15) is 0 Å². The van der Waals surface area contributed by atoms with Gasteiger partial charge in [0, 0.05) is 22.2 Å². The zero-order chi connectivity index (χ0) is 21.5. The van der Waals surface area contributed by atoms with Crippen molar-refractivity contribution in [3.8, 4) is 0 Å². The third-order valence-electron chi connectivity index (χ3n) is 4.11. The van der Waals surface area contributed by atoms with Gasteiger partial charge in [0.25, 0.3) is 5.91 Å². The first kappa shape index (κ1) is 22.9. The second-order valence-corrected chi connectivity index (χ2v) is 9.66. The molecule has 0 fully saturated rings. The maximum absolute atomic E-state index is 12.5. The van der Waals surface area contributed by atoms with Gasteiger partial charge in [0.2, 0.25) is 0 Å². The van der Waals surface area contributed by atoms with Gasteiger partial charge in [-0.15, -0.1) is 11.8 Å². The number of hydrogen-bond acceptors (Lipinski definition) is 6. The molecular formula is C21H21ClN2O3S3. The predicted octanol–water partition coefficient (Wildman–Crippen LogP) is 5.12. The maximum atomic E-state index is 12.5. The van der Waals surface area contributed by atoms with Crippen LogP contribution in [0, 0.1) is 0 Å². The van der Waals surface area contributed by atoms with Gasteiger partial charge in [-0.3, -0.25) is 4.79 Å². The summed E-state index contributed by atoms with van der Waals surface area (Å²) in [7, 11) is 0. The standard InChI is InChI=1S/C21H21ClN2O3S3/c1-3-27-20(26)14-4-9-17-18(12-14)30-21(24(17)10-11-28-2)23-19(25)13-29-16-7-5-15(22)6-8-16/h4-9,12H,3,10-11,13H2,1-2H3. The molecule has 0 N–H and O–H groups in total. The fourth-order valence-electron chi connectivity index (χ4n) is 2.71. The van der Waals surface area contributed by atoms with Crippen LogP contribution in [0.3, 0.4) is 0 Å². The number of thioether (sulfide) groups is 2. The van der Waals surface area contributed by atoms with E-state index >= 15 is 0 Å². The van der Waals surface area contributed by atoms with E-state index in [4.69, 9.17) is 16.3 Å². The second-order valence-electron chi connectivity index (χ2n) is 6.18. The Bertz CT molecular complexity index is 1110. The maximum Gasteiger partial charge on any atom is 0.338 e. The molecule has 0 aliphatic rings. The van der Waals surface area contributed by atoms with Crippen molar-refractivity contribution in [2.24, 2.45) is 4.99 Å². The highest BCUT2D eigenvalue weighted by Crippen LogP contribution is 2.22. The number of hydrogen-bond donors (Lipinski definition) is 0. The van der Waals surface area contributed by atoms with Gasteiger partial charge < -0.3 is 9.30 Å². The number of rotatable bonds is 8. The molecule has 0 atom stereocenters. The van der Waals surface area contributed by atoms with Crippen molar-refractivity contribution >= 4 is 68.6 Å². The van der Waals surface area contributed by atoms with E-state index in [0.717, 1.165) is 27.4 Å². The van der Waals surface area contributed by atoms with E-state index in [1.54, 1.807) is 43.0 Å². The molecule has 0 saturated heterocycles. The molecule has 3 rings (SSSR count). The summed E-state index contributed by atoms with van der Waals surface area (Å²) >= 11 is 10.5. The number of carbonyl (C=O) groups is 2. The Balaban J connectivity index is 1.88. The summed E-state index contributed by atoms with van der Waals surface area (Å²) in [6.45, 7) is 2.84. The molecule has 9 heteroatoms. The van der Waals surface area contributed by atoms with Crippen molar-refractivity contribution in [1.82, 2.24) is 4.57 Å². The van der Waals surface area contributed by atoms with Crippen molar-refractivity contribution in [1.29, 1.82) is 0 Å². The number of fused-ring (bicyclic) bond motifs is 1. The van der Waals surface area contributed by atoms with Crippen LogP contribution in [0.4, 0.5) is 0 Å². The van der Waals surface area contributed by atoms with Gasteiger partial charge in [-0.1, -0.05) is 22.9 Å². The molecule has 1 heterocycles. The number of ether oxygens (including phenoxy) is 1. The molecule has 158 valence electrons. The highest BCUT2D eigenvalue weighted by Gasteiger charge is 2.12. The van der Waals surface area contributed by atoms with Gasteiger partial charge in [-0.25, -0.2) is 4.79 Å². The number of halogens is 1. The molecule has 0 saturated carbocycles. The first-order chi connectivity index (χ1) is 14.5. The number of carbonyl (C=O) groups excluding carboxylic acids is 2. The molecule has 0 aliphatic carbocycles. The van der Waals surface area contributed by atoms with Crippen molar-refractivity contribution in [2.45, 2.75) is 18.4 Å². The first-order valence-corrected chi connectivity index (χ1v) is 12.8. The van der Waals surface area contributed by atoms with Gasteiger partial charge in [0.15, 0.2) is 4.80 Å². The lowest BCUT2D eigenvalue weighted by Crippen LogP contribution is -2.18. The number of amides is 1. The Hall–Kier alpha value is -1.74. The number of nitrogens with zero attached hydrogens (tertiary/aromatic N) is 2. The van der Waals surface area contributed by atoms with Crippen LogP contribution in [0.5, 0.6) is 0 Å². The first-order valence-electron chi connectivity index (χ1n) is 9.27. The molecule has 5 nitrogen and oxygen atoms in total. The summed E-state index contributed by atoms with van der Waals surface area (Å²) in [6, 6.07) is 12.8. The van der Waals surface area contributed by atoms with Gasteiger partial charge >= 0.3 is 5.97 Å². The van der Waals surface area contributed by atoms with Crippen molar-refractivity contribution in [2.75, 3.05) is 24.4 Å². The number of benzene rings is 2. The lowest BCUT2D eigenvalue weighted by atomic mass is 10.2. The molecule has 1 aromatic heterocycles. The Labute approximate surface area is 192 Å². The van der Waals surface area contributed by atoms with Crippen molar-refractivity contribution < 1.29 is 14.3 Å². The molecule has 2 aromatic carbocycles. The second kappa shape index (κ2) is 11.0. The topological polar surface area (TPSA) is 60.7 Å². The fraction of sp³-hybridized carbons (Fsp3) is 0.286. The van der Waals surface area contributed by atoms with Gasteiger partial charge in [0.05, 0.1) is 28.1 Å². The lowest BCUT2D eigenvalue weighted by molar-refractivity contribution is -0.115. The highest BCUT2D eigenvalue weighted by molar-refractivity contribution is 8.00. The zero-order valence-corrected chi connectivity index (χ0v) is 19.8. The molecule has 30 heavy (non-hydrogen) atoms. The van der Waals surface area contributed by atoms with Crippen LogP contribution in [0.1, 0.15) is 17.3 Å². The lowest BCUT2D eigenvalue weighted by Gasteiger charge is -2.05. The largest absolute Gasteiger partial charge is 0.462 e. The zero-order valence-electron chi connectivity index (χ0n) is 16.6. The molecule has 0 spiro atoms. The Morgan fingerprint density at radius 1 is 1.20 bits per heavy atom. The van der Waals surface area contributed by atoms with E-state index < -0.39 is 0 Å². The number of aryl methyl sites for hydroxylation is 1. The highest BCUT2D eigenvalue weighted by atomic mass is 35.5. The molecule has 0 unspecified atom stereocenters. The van der Waals surface area contributed by atoms with E-state index in [9.17, 15) is 9.59 Å². The van der Waals surface area contributed by atoms with Crippen LogP contribution in [-0.4, -0.2) is 40.8 Å². The Morgan fingerprint density at radius 2 is 1.97 bits per heavy atom. The summed E-state index contributed by atoms with van der Waals surface area (Å²) in [5.41, 5.74) is 1.46. The van der Waals surface area contributed by atoms with Gasteiger partial charge in [-0.05, 0) is 55.6 Å². The third-order valence-corrected chi connectivity index (χ3v) is 6.99. The smallest absolute Gasteiger partial charge is 0.338 e. The summed E-state index contributed by atoms with van der Waals surface area (Å²) in [4.78, 5) is 30.5.